The quantitative estimate of drug-likeness (QED) is 0.385. The molecule has 0 fully saturated rings. The van der Waals surface area contributed by atoms with Gasteiger partial charge in [0, 0.05) is 17.0 Å². The van der Waals surface area contributed by atoms with E-state index in [0.29, 0.717) is 11.4 Å². The summed E-state index contributed by atoms with van der Waals surface area (Å²) in [5.74, 6) is -0.155. The number of alkyl carbamates (subject to hydrolysis) is 1. The first kappa shape index (κ1) is 31.0. The number of carbonyl (C=O) groups is 3. The van der Waals surface area contributed by atoms with E-state index in [-0.39, 0.29) is 11.7 Å². The number of hydrogen-bond donors (Lipinski definition) is 3. The number of aryl methyl sites for hydroxylation is 2. The van der Waals surface area contributed by atoms with E-state index in [2.05, 4.69) is 23.3 Å². The Bertz CT molecular complexity index is 1120. The number of rotatable bonds is 8. The number of anilines is 1. The summed E-state index contributed by atoms with van der Waals surface area (Å²) in [7, 11) is 1.57. The van der Waals surface area contributed by atoms with Crippen molar-refractivity contribution in [2.75, 3.05) is 18.2 Å². The second-order valence-corrected chi connectivity index (χ2v) is 11.6. The fourth-order valence-electron chi connectivity index (χ4n) is 4.17. The van der Waals surface area contributed by atoms with Gasteiger partial charge in [-0.3, -0.25) is 9.59 Å². The number of nitrogens with zero attached hydrogens (tertiary/aromatic N) is 1. The lowest BCUT2D eigenvalue weighted by atomic mass is 9.90. The van der Waals surface area contributed by atoms with Gasteiger partial charge in [0.15, 0.2) is 0 Å². The molecular weight excluding hydrogens is 502 g/mol. The van der Waals surface area contributed by atoms with Gasteiger partial charge >= 0.3 is 6.09 Å². The minimum absolute atomic E-state index is 0.0181. The predicted molar refractivity (Wildman–Crippen MR) is 154 cm³/mol. The average Bonchev–Trinajstić information content (AvgIpc) is 2.80. The predicted octanol–water partition coefficient (Wildman–Crippen LogP) is 5.44. The zero-order valence-electron chi connectivity index (χ0n) is 23.8. The lowest BCUT2D eigenvalue weighted by molar-refractivity contribution is -0.146. The van der Waals surface area contributed by atoms with E-state index < -0.39 is 35.2 Å². The second-order valence-electron chi connectivity index (χ2n) is 11.2. The SMILES string of the molecule is COc1ccc(NC(=O)C(c2c(C)cccc2C)N(C(=O)C(CS)NC(=O)OC(C)(C)C)C(C)(C)C)cc1. The van der Waals surface area contributed by atoms with Gasteiger partial charge in [0.05, 0.1) is 7.11 Å². The van der Waals surface area contributed by atoms with Gasteiger partial charge in [0.25, 0.3) is 5.91 Å². The molecule has 2 aromatic rings. The molecule has 2 N–H and O–H groups in total. The summed E-state index contributed by atoms with van der Waals surface area (Å²) in [5.41, 5.74) is 1.47. The summed E-state index contributed by atoms with van der Waals surface area (Å²) in [6.07, 6.45) is -0.731. The molecule has 0 aromatic heterocycles. The summed E-state index contributed by atoms with van der Waals surface area (Å²) in [5, 5.41) is 5.60. The van der Waals surface area contributed by atoms with Gasteiger partial charge in [0.1, 0.15) is 23.4 Å². The normalized spacial score (nSPS) is 13.2. The molecule has 0 heterocycles. The van der Waals surface area contributed by atoms with E-state index >= 15 is 0 Å². The van der Waals surface area contributed by atoms with Crippen molar-refractivity contribution in [2.24, 2.45) is 0 Å². The van der Waals surface area contributed by atoms with Gasteiger partial charge in [-0.25, -0.2) is 4.79 Å². The third kappa shape index (κ3) is 8.15. The number of nitrogens with one attached hydrogen (secondary N) is 2. The van der Waals surface area contributed by atoms with Crippen LogP contribution in [-0.4, -0.2) is 52.9 Å². The lowest BCUT2D eigenvalue weighted by Crippen LogP contribution is -2.58. The minimum Gasteiger partial charge on any atom is -0.497 e. The Morgan fingerprint density at radius 3 is 1.95 bits per heavy atom. The van der Waals surface area contributed by atoms with Crippen molar-refractivity contribution in [2.45, 2.75) is 78.6 Å². The van der Waals surface area contributed by atoms with Crippen molar-refractivity contribution >= 4 is 36.2 Å². The highest BCUT2D eigenvalue weighted by Gasteiger charge is 2.42. The van der Waals surface area contributed by atoms with E-state index in [0.717, 1.165) is 16.7 Å². The Morgan fingerprint density at radius 1 is 0.947 bits per heavy atom. The molecule has 8 nitrogen and oxygen atoms in total. The number of ether oxygens (including phenoxy) is 2. The van der Waals surface area contributed by atoms with E-state index in [1.54, 1.807) is 52.1 Å². The van der Waals surface area contributed by atoms with Crippen molar-refractivity contribution in [1.82, 2.24) is 10.2 Å². The first-order valence-corrected chi connectivity index (χ1v) is 13.2. The van der Waals surface area contributed by atoms with Gasteiger partial charge in [-0.05, 0) is 96.3 Å². The Hall–Kier alpha value is -3.20. The summed E-state index contributed by atoms with van der Waals surface area (Å²) in [4.78, 5) is 42.2. The summed E-state index contributed by atoms with van der Waals surface area (Å²) in [6, 6.07) is 10.7. The maximum Gasteiger partial charge on any atom is 0.408 e. The van der Waals surface area contributed by atoms with Crippen LogP contribution in [0.2, 0.25) is 0 Å². The molecule has 0 saturated carbocycles. The molecule has 2 rings (SSSR count). The molecule has 0 spiro atoms. The van der Waals surface area contributed by atoms with Crippen LogP contribution in [0.4, 0.5) is 10.5 Å². The third-order valence-electron chi connectivity index (χ3n) is 5.81. The number of methoxy groups -OCH3 is 1. The van der Waals surface area contributed by atoms with Crippen molar-refractivity contribution < 1.29 is 23.9 Å². The van der Waals surface area contributed by atoms with Crippen LogP contribution >= 0.6 is 12.6 Å². The first-order chi connectivity index (χ1) is 17.6. The molecule has 3 amide bonds. The molecule has 0 aliphatic rings. The summed E-state index contributed by atoms with van der Waals surface area (Å²) in [6.45, 7) is 14.6. The Morgan fingerprint density at radius 2 is 1.50 bits per heavy atom. The van der Waals surface area contributed by atoms with Crippen LogP contribution in [0.3, 0.4) is 0 Å². The fourth-order valence-corrected chi connectivity index (χ4v) is 4.42. The Kier molecular flexibility index (Phi) is 10.3. The summed E-state index contributed by atoms with van der Waals surface area (Å²) < 4.78 is 10.6. The topological polar surface area (TPSA) is 97.0 Å². The molecule has 2 aromatic carbocycles. The second kappa shape index (κ2) is 12.6. The molecule has 208 valence electrons. The molecule has 2 atom stereocenters. The highest BCUT2D eigenvalue weighted by molar-refractivity contribution is 7.80. The highest BCUT2D eigenvalue weighted by atomic mass is 32.1. The van der Waals surface area contributed by atoms with Crippen LogP contribution in [0.5, 0.6) is 5.75 Å². The van der Waals surface area contributed by atoms with E-state index in [4.69, 9.17) is 9.47 Å². The van der Waals surface area contributed by atoms with E-state index in [9.17, 15) is 14.4 Å². The van der Waals surface area contributed by atoms with Crippen molar-refractivity contribution in [3.8, 4) is 5.75 Å². The van der Waals surface area contributed by atoms with Gasteiger partial charge in [-0.15, -0.1) is 0 Å². The fraction of sp³-hybridized carbons (Fsp3) is 0.483. The number of benzene rings is 2. The van der Waals surface area contributed by atoms with Crippen LogP contribution in [-0.2, 0) is 14.3 Å². The monoisotopic (exact) mass is 543 g/mol. The Balaban J connectivity index is 2.59. The lowest BCUT2D eigenvalue weighted by Gasteiger charge is -2.43. The van der Waals surface area contributed by atoms with Crippen LogP contribution in [0, 0.1) is 13.8 Å². The molecule has 9 heteroatoms. The van der Waals surface area contributed by atoms with Crippen LogP contribution in [0.15, 0.2) is 42.5 Å². The van der Waals surface area contributed by atoms with E-state index in [1.165, 1.54) is 4.90 Å². The summed E-state index contributed by atoms with van der Waals surface area (Å²) >= 11 is 4.35. The third-order valence-corrected chi connectivity index (χ3v) is 6.18. The van der Waals surface area contributed by atoms with Crippen LogP contribution in [0.25, 0.3) is 0 Å². The zero-order chi connectivity index (χ0) is 28.8. The number of amides is 3. The molecule has 0 aliphatic heterocycles. The molecule has 0 bridgehead atoms. The first-order valence-electron chi connectivity index (χ1n) is 12.5. The maximum atomic E-state index is 14.1. The number of hydrogen-bond acceptors (Lipinski definition) is 6. The molecule has 2 unspecified atom stereocenters. The number of carbonyl (C=O) groups excluding carboxylic acids is 3. The molecular formula is C29H41N3O5S. The van der Waals surface area contributed by atoms with Gasteiger partial charge in [0.2, 0.25) is 5.91 Å². The minimum atomic E-state index is -1.02. The Labute approximate surface area is 231 Å². The average molecular weight is 544 g/mol. The van der Waals surface area contributed by atoms with Crippen molar-refractivity contribution in [3.05, 3.63) is 59.2 Å². The van der Waals surface area contributed by atoms with Crippen molar-refractivity contribution in [1.29, 1.82) is 0 Å². The van der Waals surface area contributed by atoms with Gasteiger partial charge in [-0.2, -0.15) is 12.6 Å². The van der Waals surface area contributed by atoms with Crippen LogP contribution in [0.1, 0.15) is 64.3 Å². The zero-order valence-corrected chi connectivity index (χ0v) is 24.7. The van der Waals surface area contributed by atoms with Gasteiger partial charge in [-0.1, -0.05) is 18.2 Å². The number of thiol groups is 1. The highest BCUT2D eigenvalue weighted by Crippen LogP contribution is 2.34. The molecule has 38 heavy (non-hydrogen) atoms. The van der Waals surface area contributed by atoms with Crippen LogP contribution < -0.4 is 15.4 Å². The molecule has 0 radical (unpaired) electrons. The van der Waals surface area contributed by atoms with Gasteiger partial charge < -0.3 is 25.0 Å². The standard InChI is InChI=1S/C29H41N3O5S/c1-18-11-10-12-19(2)23(18)24(25(33)30-20-13-15-21(36-9)16-14-20)32(28(3,4)5)26(34)22(17-38)31-27(35)37-29(6,7)8/h10-16,22,24,38H,17H2,1-9H3,(H,30,33)(H,31,35). The maximum absolute atomic E-state index is 14.1. The van der Waals surface area contributed by atoms with E-state index in [1.807, 2.05) is 52.8 Å². The molecule has 0 saturated heterocycles. The molecule has 0 aliphatic carbocycles. The van der Waals surface area contributed by atoms with Crippen molar-refractivity contribution in [3.63, 3.8) is 0 Å². The largest absolute Gasteiger partial charge is 0.497 e. The smallest absolute Gasteiger partial charge is 0.408 e.